The minimum Gasteiger partial charge on any atom is -0.479 e. The van der Waals surface area contributed by atoms with Gasteiger partial charge in [0.05, 0.1) is 0 Å². The van der Waals surface area contributed by atoms with Crippen molar-refractivity contribution in [2.24, 2.45) is 0 Å². The Labute approximate surface area is 145 Å². The summed E-state index contributed by atoms with van der Waals surface area (Å²) in [7, 11) is 0. The van der Waals surface area contributed by atoms with Crippen LogP contribution < -0.4 is 5.32 Å². The minimum atomic E-state index is -1.09. The van der Waals surface area contributed by atoms with E-state index in [1.807, 2.05) is 0 Å². The number of carbonyl (C=O) groups is 3. The monoisotopic (exact) mass is 338 g/mol. The molecule has 1 heterocycles. The smallest absolute Gasteiger partial charge is 0.331 e. The lowest BCUT2D eigenvalue weighted by Gasteiger charge is -2.25. The zero-order chi connectivity index (χ0) is 17.8. The van der Waals surface area contributed by atoms with E-state index in [2.05, 4.69) is 5.32 Å². The van der Waals surface area contributed by atoms with Crippen molar-refractivity contribution in [1.82, 2.24) is 10.2 Å². The van der Waals surface area contributed by atoms with Crippen molar-refractivity contribution in [1.29, 1.82) is 0 Å². The van der Waals surface area contributed by atoms with Crippen LogP contribution in [-0.2, 0) is 9.59 Å². The number of nitrogens with zero attached hydrogens (tertiary/aromatic N) is 1. The Bertz CT molecular complexity index is 777. The number of carboxylic acids is 1. The van der Waals surface area contributed by atoms with Gasteiger partial charge in [0.1, 0.15) is 6.04 Å². The second-order valence-corrected chi connectivity index (χ2v) is 5.86. The topological polar surface area (TPSA) is 86.7 Å². The van der Waals surface area contributed by atoms with Gasteiger partial charge in [-0.2, -0.15) is 0 Å². The zero-order valence-corrected chi connectivity index (χ0v) is 13.5. The molecule has 1 saturated heterocycles. The average Bonchev–Trinajstić information content (AvgIpc) is 2.97. The van der Waals surface area contributed by atoms with Crippen LogP contribution in [-0.4, -0.2) is 40.4 Å². The summed E-state index contributed by atoms with van der Waals surface area (Å²) in [6.07, 6.45) is 0.383. The third-order valence-electron chi connectivity index (χ3n) is 4.24. The number of aliphatic carboxylic acids is 1. The van der Waals surface area contributed by atoms with Gasteiger partial charge in [-0.25, -0.2) is 4.79 Å². The van der Waals surface area contributed by atoms with Crippen LogP contribution in [0.5, 0.6) is 0 Å². The molecule has 25 heavy (non-hydrogen) atoms. The fourth-order valence-electron chi connectivity index (χ4n) is 3.01. The predicted octanol–water partition coefficient (Wildman–Crippen LogP) is 1.84. The van der Waals surface area contributed by atoms with E-state index in [1.165, 1.54) is 4.90 Å². The minimum absolute atomic E-state index is 0.282. The molecule has 2 aromatic rings. The van der Waals surface area contributed by atoms with Crippen LogP contribution in [0.15, 0.2) is 60.7 Å². The summed E-state index contributed by atoms with van der Waals surface area (Å²) >= 11 is 0. The molecule has 1 aliphatic rings. The number of benzene rings is 2. The molecular formula is C19H18N2O4. The third kappa shape index (κ3) is 3.52. The Balaban J connectivity index is 1.74. The van der Waals surface area contributed by atoms with Crippen molar-refractivity contribution in [3.8, 4) is 0 Å². The number of hydrogen-bond acceptors (Lipinski definition) is 3. The summed E-state index contributed by atoms with van der Waals surface area (Å²) in [4.78, 5) is 37.9. The van der Waals surface area contributed by atoms with Gasteiger partial charge in [-0.05, 0) is 24.1 Å². The first kappa shape index (κ1) is 16.7. The summed E-state index contributed by atoms with van der Waals surface area (Å²) in [6, 6.07) is 15.5. The lowest BCUT2D eigenvalue weighted by atomic mass is 10.1. The van der Waals surface area contributed by atoms with Gasteiger partial charge < -0.3 is 15.3 Å². The second kappa shape index (κ2) is 7.17. The van der Waals surface area contributed by atoms with Crippen LogP contribution >= 0.6 is 0 Å². The summed E-state index contributed by atoms with van der Waals surface area (Å²) < 4.78 is 0. The molecule has 2 N–H and O–H groups in total. The highest BCUT2D eigenvalue weighted by Gasteiger charge is 2.40. The quantitative estimate of drug-likeness (QED) is 0.871. The molecule has 0 aromatic heterocycles. The molecule has 2 amide bonds. The molecule has 0 saturated carbocycles. The highest BCUT2D eigenvalue weighted by atomic mass is 16.4. The SMILES string of the molecule is O=C(N[C@@H]1CCN([C@@H](C(=O)O)c2ccccc2)C1=O)c1ccccc1. The number of amides is 2. The van der Waals surface area contributed by atoms with E-state index in [4.69, 9.17) is 0 Å². The first-order chi connectivity index (χ1) is 12.1. The average molecular weight is 338 g/mol. The van der Waals surface area contributed by atoms with E-state index in [-0.39, 0.29) is 18.4 Å². The van der Waals surface area contributed by atoms with E-state index in [0.717, 1.165) is 0 Å². The first-order valence-electron chi connectivity index (χ1n) is 8.02. The summed E-state index contributed by atoms with van der Waals surface area (Å²) in [5.41, 5.74) is 1.00. The molecule has 6 nitrogen and oxygen atoms in total. The Kier molecular flexibility index (Phi) is 4.79. The molecule has 0 radical (unpaired) electrons. The molecule has 0 unspecified atom stereocenters. The van der Waals surface area contributed by atoms with Crippen molar-refractivity contribution in [3.05, 3.63) is 71.8 Å². The third-order valence-corrected chi connectivity index (χ3v) is 4.24. The maximum absolute atomic E-state index is 12.6. The maximum atomic E-state index is 12.6. The Morgan fingerprint density at radius 1 is 1.04 bits per heavy atom. The van der Waals surface area contributed by atoms with Gasteiger partial charge in [-0.1, -0.05) is 48.5 Å². The first-order valence-corrected chi connectivity index (χ1v) is 8.02. The van der Waals surface area contributed by atoms with E-state index in [1.54, 1.807) is 60.7 Å². The van der Waals surface area contributed by atoms with Gasteiger partial charge in [0.2, 0.25) is 5.91 Å². The molecule has 3 rings (SSSR count). The highest BCUT2D eigenvalue weighted by Crippen LogP contribution is 2.26. The van der Waals surface area contributed by atoms with Crippen molar-refractivity contribution in [2.45, 2.75) is 18.5 Å². The van der Waals surface area contributed by atoms with Gasteiger partial charge in [-0.3, -0.25) is 9.59 Å². The van der Waals surface area contributed by atoms with E-state index >= 15 is 0 Å². The molecular weight excluding hydrogens is 320 g/mol. The molecule has 2 aromatic carbocycles. The van der Waals surface area contributed by atoms with Gasteiger partial charge in [0.15, 0.2) is 6.04 Å². The molecule has 0 bridgehead atoms. The van der Waals surface area contributed by atoms with Crippen LogP contribution in [0, 0.1) is 0 Å². The molecule has 128 valence electrons. The van der Waals surface area contributed by atoms with Gasteiger partial charge in [0.25, 0.3) is 5.91 Å². The second-order valence-electron chi connectivity index (χ2n) is 5.86. The Morgan fingerprint density at radius 2 is 1.64 bits per heavy atom. The molecule has 2 atom stereocenters. The van der Waals surface area contributed by atoms with Gasteiger partial charge in [0, 0.05) is 12.1 Å². The molecule has 1 fully saturated rings. The predicted molar refractivity (Wildman–Crippen MR) is 90.8 cm³/mol. The van der Waals surface area contributed by atoms with Gasteiger partial charge in [-0.15, -0.1) is 0 Å². The number of carbonyl (C=O) groups excluding carboxylic acids is 2. The summed E-state index contributed by atoms with van der Waals surface area (Å²) in [6.45, 7) is 0.282. The molecule has 0 spiro atoms. The summed E-state index contributed by atoms with van der Waals surface area (Å²) in [5, 5.41) is 12.3. The summed E-state index contributed by atoms with van der Waals surface area (Å²) in [5.74, 6) is -1.80. The molecule has 6 heteroatoms. The van der Waals surface area contributed by atoms with Crippen LogP contribution in [0.2, 0.25) is 0 Å². The van der Waals surface area contributed by atoms with Crippen LogP contribution in [0.25, 0.3) is 0 Å². The number of hydrogen-bond donors (Lipinski definition) is 2. The largest absolute Gasteiger partial charge is 0.479 e. The van der Waals surface area contributed by atoms with Crippen molar-refractivity contribution in [2.75, 3.05) is 6.54 Å². The standard InChI is InChI=1S/C19H18N2O4/c22-17(14-9-5-2-6-10-14)20-15-11-12-21(18(15)23)16(19(24)25)13-7-3-1-4-8-13/h1-10,15-16H,11-12H2,(H,20,22)(H,24,25)/t15-,16-/m1/s1. The van der Waals surface area contributed by atoms with Crippen LogP contribution in [0.4, 0.5) is 0 Å². The van der Waals surface area contributed by atoms with Gasteiger partial charge >= 0.3 is 5.97 Å². The van der Waals surface area contributed by atoms with Crippen molar-refractivity contribution in [3.63, 3.8) is 0 Å². The van der Waals surface area contributed by atoms with E-state index in [9.17, 15) is 19.5 Å². The Morgan fingerprint density at radius 3 is 2.24 bits per heavy atom. The lowest BCUT2D eigenvalue weighted by Crippen LogP contribution is -2.43. The van der Waals surface area contributed by atoms with E-state index in [0.29, 0.717) is 17.5 Å². The number of carboxylic acid groups (broad SMARTS) is 1. The normalized spacial score (nSPS) is 18.0. The Hall–Kier alpha value is -3.15. The van der Waals surface area contributed by atoms with E-state index < -0.39 is 18.1 Å². The number of nitrogens with one attached hydrogen (secondary N) is 1. The lowest BCUT2D eigenvalue weighted by molar-refractivity contribution is -0.149. The number of likely N-dealkylation sites (tertiary alicyclic amines) is 1. The van der Waals surface area contributed by atoms with Crippen molar-refractivity contribution < 1.29 is 19.5 Å². The van der Waals surface area contributed by atoms with Crippen molar-refractivity contribution >= 4 is 17.8 Å². The molecule has 0 aliphatic carbocycles. The highest BCUT2D eigenvalue weighted by molar-refractivity contribution is 5.98. The maximum Gasteiger partial charge on any atom is 0.331 e. The fourth-order valence-corrected chi connectivity index (χ4v) is 3.01. The van der Waals surface area contributed by atoms with Crippen LogP contribution in [0.1, 0.15) is 28.4 Å². The fraction of sp³-hybridized carbons (Fsp3) is 0.211. The zero-order valence-electron chi connectivity index (χ0n) is 13.5. The number of rotatable bonds is 5. The van der Waals surface area contributed by atoms with Crippen LogP contribution in [0.3, 0.4) is 0 Å². The molecule has 1 aliphatic heterocycles.